The summed E-state index contributed by atoms with van der Waals surface area (Å²) in [5.74, 6) is -0.313. The number of amides is 1. The topological polar surface area (TPSA) is 93.8 Å². The van der Waals surface area contributed by atoms with Crippen LogP contribution in [0.5, 0.6) is 0 Å². The molecule has 0 aliphatic carbocycles. The summed E-state index contributed by atoms with van der Waals surface area (Å²) in [6.45, 7) is 0. The van der Waals surface area contributed by atoms with Gasteiger partial charge in [-0.25, -0.2) is 9.97 Å². The van der Waals surface area contributed by atoms with E-state index < -0.39 is 5.91 Å². The Labute approximate surface area is 114 Å². The van der Waals surface area contributed by atoms with Crippen LogP contribution in [0.3, 0.4) is 0 Å². The Hall–Kier alpha value is -3.02. The van der Waals surface area contributed by atoms with E-state index in [4.69, 9.17) is 5.73 Å². The van der Waals surface area contributed by atoms with Crippen molar-refractivity contribution in [2.24, 2.45) is 5.73 Å². The van der Waals surface area contributed by atoms with Crippen LogP contribution in [-0.2, 0) is 0 Å². The Morgan fingerprint density at radius 3 is 2.75 bits per heavy atom. The number of carbonyl (C=O) groups excluding carboxylic acids is 1. The summed E-state index contributed by atoms with van der Waals surface area (Å²) in [7, 11) is 0. The van der Waals surface area contributed by atoms with E-state index in [-0.39, 0.29) is 5.69 Å². The lowest BCUT2D eigenvalue weighted by Crippen LogP contribution is -2.16. The first-order valence-corrected chi connectivity index (χ1v) is 5.96. The number of nitrogens with two attached hydrogens (primary N) is 1. The van der Waals surface area contributed by atoms with Crippen molar-refractivity contribution in [3.8, 4) is 0 Å². The van der Waals surface area contributed by atoms with E-state index in [0.717, 1.165) is 10.9 Å². The number of para-hydroxylation sites is 1. The van der Waals surface area contributed by atoms with Crippen molar-refractivity contribution >= 4 is 28.3 Å². The van der Waals surface area contributed by atoms with Crippen LogP contribution < -0.4 is 11.1 Å². The van der Waals surface area contributed by atoms with Crippen LogP contribution in [0.25, 0.3) is 10.9 Å². The highest BCUT2D eigenvalue weighted by Crippen LogP contribution is 2.20. The van der Waals surface area contributed by atoms with Gasteiger partial charge in [0.15, 0.2) is 11.5 Å². The summed E-state index contributed by atoms with van der Waals surface area (Å²) in [4.78, 5) is 23.6. The number of hydrogen-bond donors (Lipinski definition) is 2. The molecule has 0 aliphatic rings. The van der Waals surface area contributed by atoms with Gasteiger partial charge < -0.3 is 11.1 Å². The van der Waals surface area contributed by atoms with Crippen molar-refractivity contribution in [3.05, 3.63) is 54.6 Å². The highest BCUT2D eigenvalue weighted by Gasteiger charge is 2.10. The number of benzene rings is 1. The molecule has 0 radical (unpaired) electrons. The summed E-state index contributed by atoms with van der Waals surface area (Å²) < 4.78 is 0. The fraction of sp³-hybridized carbons (Fsp3) is 0. The predicted octanol–water partition coefficient (Wildman–Crippen LogP) is 1.87. The van der Waals surface area contributed by atoms with E-state index >= 15 is 0 Å². The molecule has 20 heavy (non-hydrogen) atoms. The maximum Gasteiger partial charge on any atom is 0.271 e. The molecule has 3 aromatic rings. The largest absolute Gasteiger partial charge is 0.364 e. The van der Waals surface area contributed by atoms with E-state index in [1.807, 2.05) is 30.3 Å². The van der Waals surface area contributed by atoms with Crippen LogP contribution in [0.15, 0.2) is 48.9 Å². The molecule has 6 nitrogen and oxygen atoms in total. The van der Waals surface area contributed by atoms with Crippen molar-refractivity contribution in [3.63, 3.8) is 0 Å². The standard InChI is InChI=1S/C14H11N5O/c15-13(20)12-14(17-6-5-16-12)19-10-7-9-3-1-2-4-11(9)18-8-10/h1-8H,(H2,15,20)(H,17,19). The molecule has 2 heterocycles. The van der Waals surface area contributed by atoms with Crippen LogP contribution >= 0.6 is 0 Å². The zero-order chi connectivity index (χ0) is 13.9. The lowest BCUT2D eigenvalue weighted by molar-refractivity contribution is 0.0996. The van der Waals surface area contributed by atoms with Crippen molar-refractivity contribution < 1.29 is 4.79 Å². The molecule has 3 rings (SSSR count). The summed E-state index contributed by atoms with van der Waals surface area (Å²) in [5, 5.41) is 4.00. The Morgan fingerprint density at radius 1 is 1.10 bits per heavy atom. The second kappa shape index (κ2) is 4.93. The number of aromatic nitrogens is 3. The highest BCUT2D eigenvalue weighted by molar-refractivity contribution is 5.96. The van der Waals surface area contributed by atoms with Crippen molar-refractivity contribution in [2.75, 3.05) is 5.32 Å². The predicted molar refractivity (Wildman–Crippen MR) is 75.6 cm³/mol. The summed E-state index contributed by atoms with van der Waals surface area (Å²) in [6, 6.07) is 9.67. The third-order valence-corrected chi connectivity index (χ3v) is 2.78. The Morgan fingerprint density at radius 2 is 1.90 bits per heavy atom. The average Bonchev–Trinajstić information content (AvgIpc) is 2.47. The van der Waals surface area contributed by atoms with E-state index in [1.165, 1.54) is 12.4 Å². The second-order valence-corrected chi connectivity index (χ2v) is 4.16. The Balaban J connectivity index is 1.99. The summed E-state index contributed by atoms with van der Waals surface area (Å²) in [6.07, 6.45) is 4.58. The van der Waals surface area contributed by atoms with E-state index in [1.54, 1.807) is 6.20 Å². The van der Waals surface area contributed by atoms with Gasteiger partial charge >= 0.3 is 0 Å². The number of hydrogen-bond acceptors (Lipinski definition) is 5. The van der Waals surface area contributed by atoms with Gasteiger partial charge in [-0.15, -0.1) is 0 Å². The minimum Gasteiger partial charge on any atom is -0.364 e. The molecule has 0 atom stereocenters. The maximum absolute atomic E-state index is 11.3. The second-order valence-electron chi connectivity index (χ2n) is 4.16. The third-order valence-electron chi connectivity index (χ3n) is 2.78. The van der Waals surface area contributed by atoms with Crippen LogP contribution in [0.1, 0.15) is 10.5 Å². The van der Waals surface area contributed by atoms with Gasteiger partial charge in [-0.3, -0.25) is 9.78 Å². The van der Waals surface area contributed by atoms with E-state index in [0.29, 0.717) is 11.5 Å². The van der Waals surface area contributed by atoms with Gasteiger partial charge in [-0.2, -0.15) is 0 Å². The normalized spacial score (nSPS) is 10.4. The molecular weight excluding hydrogens is 254 g/mol. The smallest absolute Gasteiger partial charge is 0.271 e. The molecule has 0 fully saturated rings. The molecule has 0 unspecified atom stereocenters. The number of nitrogens with one attached hydrogen (secondary N) is 1. The molecule has 0 saturated heterocycles. The van der Waals surface area contributed by atoms with Gasteiger partial charge in [-0.05, 0) is 12.1 Å². The minimum absolute atomic E-state index is 0.0978. The van der Waals surface area contributed by atoms with Crippen LogP contribution in [0, 0.1) is 0 Å². The average molecular weight is 265 g/mol. The zero-order valence-corrected chi connectivity index (χ0v) is 10.4. The fourth-order valence-corrected chi connectivity index (χ4v) is 1.89. The molecule has 0 aliphatic heterocycles. The number of pyridine rings is 1. The number of primary amides is 1. The van der Waals surface area contributed by atoms with Crippen LogP contribution in [0.4, 0.5) is 11.5 Å². The maximum atomic E-state index is 11.3. The Bertz CT molecular complexity index is 787. The summed E-state index contributed by atoms with van der Waals surface area (Å²) in [5.41, 5.74) is 6.97. The zero-order valence-electron chi connectivity index (χ0n) is 10.4. The van der Waals surface area contributed by atoms with Gasteiger partial charge in [0.25, 0.3) is 5.91 Å². The molecule has 0 spiro atoms. The van der Waals surface area contributed by atoms with Gasteiger partial charge in [0.1, 0.15) is 0 Å². The highest BCUT2D eigenvalue weighted by atomic mass is 16.1. The molecule has 2 aromatic heterocycles. The Kier molecular flexibility index (Phi) is 2.96. The first kappa shape index (κ1) is 12.0. The lowest BCUT2D eigenvalue weighted by atomic mass is 10.2. The minimum atomic E-state index is -0.630. The van der Waals surface area contributed by atoms with Gasteiger partial charge in [0.05, 0.1) is 17.4 Å². The number of carbonyl (C=O) groups is 1. The first-order chi connectivity index (χ1) is 9.74. The molecule has 1 aromatic carbocycles. The number of fused-ring (bicyclic) bond motifs is 1. The van der Waals surface area contributed by atoms with E-state index in [2.05, 4.69) is 20.3 Å². The number of rotatable bonds is 3. The molecular formula is C14H11N5O. The van der Waals surface area contributed by atoms with Crippen molar-refractivity contribution in [2.45, 2.75) is 0 Å². The van der Waals surface area contributed by atoms with Gasteiger partial charge in [0.2, 0.25) is 0 Å². The fourth-order valence-electron chi connectivity index (χ4n) is 1.89. The molecule has 1 amide bonds. The summed E-state index contributed by atoms with van der Waals surface area (Å²) >= 11 is 0. The van der Waals surface area contributed by atoms with E-state index in [9.17, 15) is 4.79 Å². The van der Waals surface area contributed by atoms with Crippen molar-refractivity contribution in [1.82, 2.24) is 15.0 Å². The molecule has 0 saturated carbocycles. The monoisotopic (exact) mass is 265 g/mol. The third kappa shape index (κ3) is 2.26. The van der Waals surface area contributed by atoms with Gasteiger partial charge in [-0.1, -0.05) is 18.2 Å². The number of nitrogens with zero attached hydrogens (tertiary/aromatic N) is 3. The van der Waals surface area contributed by atoms with Crippen LogP contribution in [-0.4, -0.2) is 20.9 Å². The lowest BCUT2D eigenvalue weighted by Gasteiger charge is -2.08. The molecule has 6 heteroatoms. The van der Waals surface area contributed by atoms with Crippen LogP contribution in [0.2, 0.25) is 0 Å². The van der Waals surface area contributed by atoms with Gasteiger partial charge in [0, 0.05) is 17.8 Å². The quantitative estimate of drug-likeness (QED) is 0.754. The molecule has 0 bridgehead atoms. The SMILES string of the molecule is NC(=O)c1nccnc1Nc1cnc2ccccc2c1. The molecule has 98 valence electrons. The first-order valence-electron chi connectivity index (χ1n) is 5.96. The number of anilines is 2. The van der Waals surface area contributed by atoms with Crippen molar-refractivity contribution in [1.29, 1.82) is 0 Å². The molecule has 3 N–H and O–H groups in total.